The van der Waals surface area contributed by atoms with Gasteiger partial charge in [0, 0.05) is 15.6 Å². The van der Waals surface area contributed by atoms with Gasteiger partial charge in [0.25, 0.3) is 0 Å². The second kappa shape index (κ2) is 7.02. The first-order chi connectivity index (χ1) is 9.95. The Balaban J connectivity index is 1.97. The predicted octanol–water partition coefficient (Wildman–Crippen LogP) is 4.45. The van der Waals surface area contributed by atoms with Crippen molar-refractivity contribution in [1.82, 2.24) is 0 Å². The molecule has 0 fully saturated rings. The molecule has 0 saturated carbocycles. The molecule has 0 spiro atoms. The Hall–Kier alpha value is -1.43. The third-order valence-corrected chi connectivity index (χ3v) is 4.19. The number of benzene rings is 2. The minimum Gasteiger partial charge on any atom is -0.398 e. The van der Waals surface area contributed by atoms with Crippen molar-refractivity contribution in [1.29, 1.82) is 0 Å². The molecular weight excluding hydrogens is 334 g/mol. The fraction of sp³-hybridized carbons (Fsp3) is 0.0714. The van der Waals surface area contributed by atoms with Gasteiger partial charge in [0.15, 0.2) is 0 Å². The fourth-order valence-corrected chi connectivity index (χ4v) is 2.66. The Labute approximate surface area is 135 Å². The lowest BCUT2D eigenvalue weighted by Gasteiger charge is -2.08. The van der Waals surface area contributed by atoms with Crippen LogP contribution in [-0.4, -0.2) is 11.7 Å². The molecule has 0 aromatic heterocycles. The summed E-state index contributed by atoms with van der Waals surface area (Å²) >= 11 is 13.0. The van der Waals surface area contributed by atoms with Gasteiger partial charge in [0.1, 0.15) is 5.82 Å². The van der Waals surface area contributed by atoms with Crippen LogP contribution in [0, 0.1) is 5.82 Å². The molecule has 0 saturated heterocycles. The number of anilines is 2. The zero-order valence-electron chi connectivity index (χ0n) is 10.7. The Kier molecular flexibility index (Phi) is 5.33. The molecule has 0 aliphatic rings. The van der Waals surface area contributed by atoms with Crippen molar-refractivity contribution in [2.75, 3.05) is 16.8 Å². The summed E-state index contributed by atoms with van der Waals surface area (Å²) in [5.74, 6) is -0.543. The molecule has 3 nitrogen and oxygen atoms in total. The smallest absolute Gasteiger partial charge is 0.234 e. The standard InChI is InChI=1S/C14H11Cl2FN2OS/c15-8-1-3-10(16)12(5-8)19-14(20)7-21-13-4-2-9(17)6-11(13)18/h1-6H,7,18H2,(H,19,20). The first-order valence-electron chi connectivity index (χ1n) is 5.88. The topological polar surface area (TPSA) is 55.1 Å². The van der Waals surface area contributed by atoms with Crippen molar-refractivity contribution >= 4 is 52.2 Å². The number of rotatable bonds is 4. The van der Waals surface area contributed by atoms with E-state index in [1.807, 2.05) is 0 Å². The highest BCUT2D eigenvalue weighted by Crippen LogP contribution is 2.28. The van der Waals surface area contributed by atoms with E-state index < -0.39 is 5.82 Å². The second-order valence-electron chi connectivity index (χ2n) is 4.14. The third-order valence-electron chi connectivity index (χ3n) is 2.53. The van der Waals surface area contributed by atoms with Crippen molar-refractivity contribution < 1.29 is 9.18 Å². The van der Waals surface area contributed by atoms with Crippen LogP contribution in [0.5, 0.6) is 0 Å². The van der Waals surface area contributed by atoms with Gasteiger partial charge < -0.3 is 11.1 Å². The summed E-state index contributed by atoms with van der Waals surface area (Å²) in [6, 6.07) is 8.85. The molecule has 2 rings (SSSR count). The van der Waals surface area contributed by atoms with Crippen LogP contribution in [0.1, 0.15) is 0 Å². The normalized spacial score (nSPS) is 10.4. The Bertz CT molecular complexity index is 682. The maximum Gasteiger partial charge on any atom is 0.234 e. The lowest BCUT2D eigenvalue weighted by atomic mass is 10.3. The van der Waals surface area contributed by atoms with E-state index in [1.165, 1.54) is 30.0 Å². The number of hydrogen-bond acceptors (Lipinski definition) is 3. The summed E-state index contributed by atoms with van der Waals surface area (Å²) in [5, 5.41) is 3.54. The van der Waals surface area contributed by atoms with Crippen LogP contribution in [0.3, 0.4) is 0 Å². The Morgan fingerprint density at radius 2 is 2.00 bits per heavy atom. The van der Waals surface area contributed by atoms with Gasteiger partial charge in [-0.05, 0) is 36.4 Å². The minimum atomic E-state index is -0.410. The average Bonchev–Trinajstić information content (AvgIpc) is 2.42. The molecular formula is C14H11Cl2FN2OS. The summed E-state index contributed by atoms with van der Waals surface area (Å²) in [6.45, 7) is 0. The lowest BCUT2D eigenvalue weighted by molar-refractivity contribution is -0.113. The quantitative estimate of drug-likeness (QED) is 0.636. The maximum atomic E-state index is 12.9. The molecule has 0 aliphatic carbocycles. The summed E-state index contributed by atoms with van der Waals surface area (Å²) < 4.78 is 12.9. The monoisotopic (exact) mass is 344 g/mol. The molecule has 1 amide bonds. The molecule has 2 aromatic carbocycles. The van der Waals surface area contributed by atoms with E-state index in [0.29, 0.717) is 26.3 Å². The van der Waals surface area contributed by atoms with Crippen molar-refractivity contribution in [2.45, 2.75) is 4.90 Å². The number of amides is 1. The number of nitrogens with one attached hydrogen (secondary N) is 1. The molecule has 0 aliphatic heterocycles. The molecule has 0 radical (unpaired) electrons. The molecule has 0 atom stereocenters. The third kappa shape index (κ3) is 4.52. The van der Waals surface area contributed by atoms with Gasteiger partial charge in [0.05, 0.1) is 16.5 Å². The van der Waals surface area contributed by atoms with Crippen molar-refractivity contribution in [3.8, 4) is 0 Å². The van der Waals surface area contributed by atoms with Gasteiger partial charge in [-0.3, -0.25) is 4.79 Å². The van der Waals surface area contributed by atoms with Gasteiger partial charge in [-0.15, -0.1) is 11.8 Å². The molecule has 0 unspecified atom stereocenters. The average molecular weight is 345 g/mol. The van der Waals surface area contributed by atoms with E-state index in [4.69, 9.17) is 28.9 Å². The molecule has 3 N–H and O–H groups in total. The van der Waals surface area contributed by atoms with Gasteiger partial charge in [-0.2, -0.15) is 0 Å². The molecule has 21 heavy (non-hydrogen) atoms. The maximum absolute atomic E-state index is 12.9. The van der Waals surface area contributed by atoms with Crippen LogP contribution >= 0.6 is 35.0 Å². The highest BCUT2D eigenvalue weighted by atomic mass is 35.5. The van der Waals surface area contributed by atoms with E-state index in [2.05, 4.69) is 5.32 Å². The lowest BCUT2D eigenvalue weighted by Crippen LogP contribution is -2.14. The number of carbonyl (C=O) groups excluding carboxylic acids is 1. The van der Waals surface area contributed by atoms with Crippen molar-refractivity contribution in [3.05, 3.63) is 52.3 Å². The molecule has 7 heteroatoms. The Morgan fingerprint density at radius 1 is 1.24 bits per heavy atom. The SMILES string of the molecule is Nc1cc(F)ccc1SCC(=O)Nc1cc(Cl)ccc1Cl. The second-order valence-corrected chi connectivity index (χ2v) is 6.00. The number of nitrogen functional groups attached to an aromatic ring is 1. The van der Waals surface area contributed by atoms with E-state index in [0.717, 1.165) is 0 Å². The number of thioether (sulfide) groups is 1. The highest BCUT2D eigenvalue weighted by Gasteiger charge is 2.09. The summed E-state index contributed by atoms with van der Waals surface area (Å²) in [6.07, 6.45) is 0. The van der Waals surface area contributed by atoms with Gasteiger partial charge in [-0.25, -0.2) is 4.39 Å². The molecule has 2 aromatic rings. The van der Waals surface area contributed by atoms with Crippen molar-refractivity contribution in [3.63, 3.8) is 0 Å². The van der Waals surface area contributed by atoms with Gasteiger partial charge in [0.2, 0.25) is 5.91 Å². The zero-order valence-corrected chi connectivity index (χ0v) is 13.0. The zero-order chi connectivity index (χ0) is 15.4. The molecule has 110 valence electrons. The van der Waals surface area contributed by atoms with E-state index in [1.54, 1.807) is 18.2 Å². The largest absolute Gasteiger partial charge is 0.398 e. The molecule has 0 heterocycles. The first-order valence-corrected chi connectivity index (χ1v) is 7.62. The van der Waals surface area contributed by atoms with Crippen LogP contribution in [0.4, 0.5) is 15.8 Å². The summed E-state index contributed by atoms with van der Waals surface area (Å²) in [7, 11) is 0. The van der Waals surface area contributed by atoms with E-state index in [9.17, 15) is 9.18 Å². The fourth-order valence-electron chi connectivity index (χ4n) is 1.57. The first kappa shape index (κ1) is 15.9. The number of hydrogen-bond donors (Lipinski definition) is 2. The summed E-state index contributed by atoms with van der Waals surface area (Å²) in [4.78, 5) is 12.5. The van der Waals surface area contributed by atoms with Gasteiger partial charge >= 0.3 is 0 Å². The predicted molar refractivity (Wildman–Crippen MR) is 86.6 cm³/mol. The van der Waals surface area contributed by atoms with Crippen LogP contribution in [0.2, 0.25) is 10.0 Å². The van der Waals surface area contributed by atoms with Crippen LogP contribution in [0.25, 0.3) is 0 Å². The number of halogens is 3. The number of nitrogens with two attached hydrogens (primary N) is 1. The summed E-state index contributed by atoms with van der Waals surface area (Å²) in [5.41, 5.74) is 6.42. The van der Waals surface area contributed by atoms with Crippen LogP contribution in [0.15, 0.2) is 41.3 Å². The molecule has 0 bridgehead atoms. The van der Waals surface area contributed by atoms with Crippen molar-refractivity contribution in [2.24, 2.45) is 0 Å². The van der Waals surface area contributed by atoms with Gasteiger partial charge in [-0.1, -0.05) is 23.2 Å². The van der Waals surface area contributed by atoms with Crippen LogP contribution in [-0.2, 0) is 4.79 Å². The Morgan fingerprint density at radius 3 is 2.71 bits per heavy atom. The minimum absolute atomic E-state index is 0.124. The number of carbonyl (C=O) groups is 1. The van der Waals surface area contributed by atoms with E-state index in [-0.39, 0.29) is 11.7 Å². The van der Waals surface area contributed by atoms with E-state index >= 15 is 0 Å². The van der Waals surface area contributed by atoms with Crippen LogP contribution < -0.4 is 11.1 Å². The highest BCUT2D eigenvalue weighted by molar-refractivity contribution is 8.00.